The molecule has 98 valence electrons. The van der Waals surface area contributed by atoms with Gasteiger partial charge >= 0.3 is 5.97 Å². The van der Waals surface area contributed by atoms with Crippen LogP contribution in [0.25, 0.3) is 0 Å². The van der Waals surface area contributed by atoms with Crippen molar-refractivity contribution in [3.8, 4) is 0 Å². The molecule has 2 rings (SSSR count). The fraction of sp³-hybridized carbons (Fsp3) is 0.200. The van der Waals surface area contributed by atoms with Crippen LogP contribution in [-0.2, 0) is 11.2 Å². The van der Waals surface area contributed by atoms with Crippen molar-refractivity contribution in [2.45, 2.75) is 19.3 Å². The first-order valence-corrected chi connectivity index (χ1v) is 6.76. The van der Waals surface area contributed by atoms with Crippen molar-refractivity contribution < 1.29 is 9.90 Å². The Morgan fingerprint density at radius 1 is 1.32 bits per heavy atom. The summed E-state index contributed by atoms with van der Waals surface area (Å²) >= 11 is 3.30. The molecule has 1 unspecified atom stereocenters. The standard InChI is InChI=1S/C15H14BrNO2/c1-10-4-2-3-5-11(10)8-13(15(18)19)14-7-6-12(16)9-17-14/h2-7,9,13H,8H2,1H3,(H,18,19). The number of carbonyl (C=O) groups is 1. The molecule has 0 amide bonds. The highest BCUT2D eigenvalue weighted by Crippen LogP contribution is 2.22. The third-order valence-corrected chi connectivity index (χ3v) is 3.56. The van der Waals surface area contributed by atoms with Crippen LogP contribution in [0.3, 0.4) is 0 Å². The molecule has 3 nitrogen and oxygen atoms in total. The molecule has 1 aromatic carbocycles. The van der Waals surface area contributed by atoms with Crippen molar-refractivity contribution in [3.63, 3.8) is 0 Å². The molecule has 4 heteroatoms. The zero-order valence-electron chi connectivity index (χ0n) is 10.5. The van der Waals surface area contributed by atoms with E-state index in [0.717, 1.165) is 15.6 Å². The van der Waals surface area contributed by atoms with Crippen LogP contribution in [-0.4, -0.2) is 16.1 Å². The van der Waals surface area contributed by atoms with Gasteiger partial charge in [0.2, 0.25) is 0 Å². The Kier molecular flexibility index (Phi) is 4.32. The van der Waals surface area contributed by atoms with Crippen LogP contribution in [0.2, 0.25) is 0 Å². The van der Waals surface area contributed by atoms with E-state index in [1.54, 1.807) is 12.3 Å². The Balaban J connectivity index is 2.29. The van der Waals surface area contributed by atoms with Crippen LogP contribution < -0.4 is 0 Å². The first-order chi connectivity index (χ1) is 9.08. The maximum absolute atomic E-state index is 11.4. The van der Waals surface area contributed by atoms with Crippen LogP contribution in [0.5, 0.6) is 0 Å². The van der Waals surface area contributed by atoms with E-state index in [2.05, 4.69) is 20.9 Å². The molecule has 1 atom stereocenters. The van der Waals surface area contributed by atoms with Crippen molar-refractivity contribution in [1.82, 2.24) is 4.98 Å². The summed E-state index contributed by atoms with van der Waals surface area (Å²) < 4.78 is 0.844. The third kappa shape index (κ3) is 3.41. The van der Waals surface area contributed by atoms with E-state index in [1.165, 1.54) is 0 Å². The molecular weight excluding hydrogens is 306 g/mol. The minimum Gasteiger partial charge on any atom is -0.481 e. The largest absolute Gasteiger partial charge is 0.481 e. The second kappa shape index (κ2) is 5.97. The lowest BCUT2D eigenvalue weighted by atomic mass is 9.93. The Labute approximate surface area is 120 Å². The number of aryl methyl sites for hydroxylation is 1. The second-order valence-corrected chi connectivity index (χ2v) is 5.34. The Hall–Kier alpha value is -1.68. The fourth-order valence-corrected chi connectivity index (χ4v) is 2.21. The van der Waals surface area contributed by atoms with Crippen LogP contribution in [0.1, 0.15) is 22.7 Å². The molecule has 0 bridgehead atoms. The van der Waals surface area contributed by atoms with Crippen LogP contribution >= 0.6 is 15.9 Å². The summed E-state index contributed by atoms with van der Waals surface area (Å²) in [6.45, 7) is 1.99. The molecule has 19 heavy (non-hydrogen) atoms. The van der Waals surface area contributed by atoms with Gasteiger partial charge in [0.05, 0.1) is 5.69 Å². The first kappa shape index (κ1) is 13.7. The number of hydrogen-bond donors (Lipinski definition) is 1. The van der Waals surface area contributed by atoms with Gasteiger partial charge in [-0.05, 0) is 52.5 Å². The number of halogens is 1. The highest BCUT2D eigenvalue weighted by atomic mass is 79.9. The van der Waals surface area contributed by atoms with E-state index in [-0.39, 0.29) is 0 Å². The number of benzene rings is 1. The molecule has 1 N–H and O–H groups in total. The van der Waals surface area contributed by atoms with Gasteiger partial charge in [-0.25, -0.2) is 0 Å². The van der Waals surface area contributed by atoms with Crippen molar-refractivity contribution in [3.05, 3.63) is 63.9 Å². The normalized spacial score (nSPS) is 12.1. The highest BCUT2D eigenvalue weighted by molar-refractivity contribution is 9.10. The number of pyridine rings is 1. The summed E-state index contributed by atoms with van der Waals surface area (Å²) in [6, 6.07) is 11.4. The average Bonchev–Trinajstić information content (AvgIpc) is 2.39. The molecule has 0 spiro atoms. The number of rotatable bonds is 4. The average molecular weight is 320 g/mol. The van der Waals surface area contributed by atoms with Gasteiger partial charge in [-0.15, -0.1) is 0 Å². The number of hydrogen-bond acceptors (Lipinski definition) is 2. The van der Waals surface area contributed by atoms with Crippen LogP contribution in [0.4, 0.5) is 0 Å². The zero-order chi connectivity index (χ0) is 13.8. The smallest absolute Gasteiger partial charge is 0.312 e. The molecule has 0 aliphatic rings. The first-order valence-electron chi connectivity index (χ1n) is 5.96. The Morgan fingerprint density at radius 3 is 2.63 bits per heavy atom. The fourth-order valence-electron chi connectivity index (χ4n) is 1.97. The quantitative estimate of drug-likeness (QED) is 0.937. The molecule has 1 heterocycles. The summed E-state index contributed by atoms with van der Waals surface area (Å²) in [7, 11) is 0. The molecule has 0 aliphatic heterocycles. The molecular formula is C15H14BrNO2. The topological polar surface area (TPSA) is 50.2 Å². The van der Waals surface area contributed by atoms with Gasteiger partial charge in [0.25, 0.3) is 0 Å². The van der Waals surface area contributed by atoms with Gasteiger partial charge in [-0.1, -0.05) is 24.3 Å². The van der Waals surface area contributed by atoms with Crippen LogP contribution in [0.15, 0.2) is 47.1 Å². The van der Waals surface area contributed by atoms with Gasteiger partial charge in [0.15, 0.2) is 0 Å². The van der Waals surface area contributed by atoms with Gasteiger partial charge in [0.1, 0.15) is 5.92 Å². The van der Waals surface area contributed by atoms with Gasteiger partial charge < -0.3 is 5.11 Å². The maximum Gasteiger partial charge on any atom is 0.312 e. The third-order valence-electron chi connectivity index (χ3n) is 3.09. The zero-order valence-corrected chi connectivity index (χ0v) is 12.1. The van der Waals surface area contributed by atoms with E-state index in [0.29, 0.717) is 12.1 Å². The Bertz CT molecular complexity index is 581. The molecule has 0 aliphatic carbocycles. The van der Waals surface area contributed by atoms with Crippen molar-refractivity contribution in [2.75, 3.05) is 0 Å². The van der Waals surface area contributed by atoms with Gasteiger partial charge in [0, 0.05) is 10.7 Å². The monoisotopic (exact) mass is 319 g/mol. The maximum atomic E-state index is 11.4. The van der Waals surface area contributed by atoms with Crippen molar-refractivity contribution >= 4 is 21.9 Å². The molecule has 0 saturated heterocycles. The van der Waals surface area contributed by atoms with E-state index < -0.39 is 11.9 Å². The summed E-state index contributed by atoms with van der Waals surface area (Å²) in [5.74, 6) is -1.47. The highest BCUT2D eigenvalue weighted by Gasteiger charge is 2.22. The van der Waals surface area contributed by atoms with Gasteiger partial charge in [-0.3, -0.25) is 9.78 Å². The summed E-state index contributed by atoms with van der Waals surface area (Å²) in [4.78, 5) is 15.6. The van der Waals surface area contributed by atoms with E-state index in [4.69, 9.17) is 0 Å². The summed E-state index contributed by atoms with van der Waals surface area (Å²) in [6.07, 6.45) is 2.08. The molecule has 1 aromatic heterocycles. The number of aliphatic carboxylic acids is 1. The predicted octanol–water partition coefficient (Wildman–Crippen LogP) is 3.56. The van der Waals surface area contributed by atoms with Gasteiger partial charge in [-0.2, -0.15) is 0 Å². The van der Waals surface area contributed by atoms with Crippen LogP contribution in [0, 0.1) is 6.92 Å². The Morgan fingerprint density at radius 2 is 2.05 bits per heavy atom. The lowest BCUT2D eigenvalue weighted by molar-refractivity contribution is -0.138. The minimum atomic E-state index is -0.849. The molecule has 0 radical (unpaired) electrons. The van der Waals surface area contributed by atoms with Crippen molar-refractivity contribution in [2.24, 2.45) is 0 Å². The number of nitrogens with zero attached hydrogens (tertiary/aromatic N) is 1. The van der Waals surface area contributed by atoms with Crippen molar-refractivity contribution in [1.29, 1.82) is 0 Å². The van der Waals surface area contributed by atoms with E-state index >= 15 is 0 Å². The molecule has 0 fully saturated rings. The number of carboxylic acids is 1. The predicted molar refractivity (Wildman–Crippen MR) is 77.2 cm³/mol. The lowest BCUT2D eigenvalue weighted by Crippen LogP contribution is -2.16. The van der Waals surface area contributed by atoms with E-state index in [9.17, 15) is 9.90 Å². The molecule has 0 saturated carbocycles. The number of aromatic nitrogens is 1. The molecule has 2 aromatic rings. The summed E-state index contributed by atoms with van der Waals surface area (Å²) in [5, 5.41) is 9.40. The SMILES string of the molecule is Cc1ccccc1CC(C(=O)O)c1ccc(Br)cn1. The minimum absolute atomic E-state index is 0.455. The van der Waals surface area contributed by atoms with E-state index in [1.807, 2.05) is 37.3 Å². The number of carboxylic acid groups (broad SMARTS) is 1. The lowest BCUT2D eigenvalue weighted by Gasteiger charge is -2.13. The second-order valence-electron chi connectivity index (χ2n) is 4.42. The summed E-state index contributed by atoms with van der Waals surface area (Å²) in [5.41, 5.74) is 2.73.